The summed E-state index contributed by atoms with van der Waals surface area (Å²) >= 11 is 11.3. The Morgan fingerprint density at radius 3 is 2.76 bits per heavy atom. The van der Waals surface area contributed by atoms with Crippen LogP contribution in [0.5, 0.6) is 0 Å². The van der Waals surface area contributed by atoms with E-state index in [2.05, 4.69) is 20.6 Å². The van der Waals surface area contributed by atoms with Crippen LogP contribution in [0.25, 0.3) is 0 Å². The highest BCUT2D eigenvalue weighted by Crippen LogP contribution is 2.13. The van der Waals surface area contributed by atoms with Crippen LogP contribution >= 0.6 is 23.2 Å². The summed E-state index contributed by atoms with van der Waals surface area (Å²) < 4.78 is 0. The highest BCUT2D eigenvalue weighted by molar-refractivity contribution is 6.32. The molecule has 94 valence electrons. The molecule has 0 aliphatic carbocycles. The Labute approximate surface area is 110 Å². The number of amides is 1. The van der Waals surface area contributed by atoms with Gasteiger partial charge in [0.25, 0.3) is 0 Å². The van der Waals surface area contributed by atoms with Crippen LogP contribution < -0.4 is 10.6 Å². The van der Waals surface area contributed by atoms with Crippen LogP contribution in [0.3, 0.4) is 0 Å². The molecule has 0 aliphatic heterocycles. The molecule has 0 aromatic carbocycles. The molecule has 5 nitrogen and oxygen atoms in total. The molecule has 1 amide bonds. The van der Waals surface area contributed by atoms with Gasteiger partial charge in [0.05, 0.1) is 6.54 Å². The standard InChI is InChI=1S/C10H14Cl2N4O/c1-3-6(2)13-5-9(17)15-8-4-7(11)14-10(12)16-8/h4,6,13H,3,5H2,1-2H3,(H,14,15,16,17). The second-order valence-corrected chi connectivity index (χ2v) is 4.31. The highest BCUT2D eigenvalue weighted by Gasteiger charge is 2.07. The lowest BCUT2D eigenvalue weighted by atomic mass is 10.2. The molecule has 0 aliphatic rings. The SMILES string of the molecule is CCC(C)NCC(=O)Nc1cc(Cl)nc(Cl)n1. The molecular weight excluding hydrogens is 263 g/mol. The van der Waals surface area contributed by atoms with E-state index in [0.717, 1.165) is 6.42 Å². The van der Waals surface area contributed by atoms with Crippen molar-refractivity contribution in [2.45, 2.75) is 26.3 Å². The Kier molecular flexibility index (Phi) is 5.61. The fourth-order valence-electron chi connectivity index (χ4n) is 1.05. The van der Waals surface area contributed by atoms with Crippen LogP contribution in [-0.2, 0) is 4.79 Å². The largest absolute Gasteiger partial charge is 0.309 e. The molecule has 1 heterocycles. The number of carbonyl (C=O) groups is 1. The molecule has 0 spiro atoms. The summed E-state index contributed by atoms with van der Waals surface area (Å²) in [6, 6.07) is 1.73. The zero-order valence-electron chi connectivity index (χ0n) is 9.63. The van der Waals surface area contributed by atoms with Crippen molar-refractivity contribution in [1.82, 2.24) is 15.3 Å². The minimum Gasteiger partial charge on any atom is -0.309 e. The minimum absolute atomic E-state index is 0.00249. The lowest BCUT2D eigenvalue weighted by Gasteiger charge is -2.10. The van der Waals surface area contributed by atoms with Crippen LogP contribution in [0.1, 0.15) is 20.3 Å². The predicted molar refractivity (Wildman–Crippen MR) is 68.4 cm³/mol. The third-order valence-electron chi connectivity index (χ3n) is 2.16. The average molecular weight is 277 g/mol. The van der Waals surface area contributed by atoms with Crippen LogP contribution in [0, 0.1) is 0 Å². The van der Waals surface area contributed by atoms with E-state index in [9.17, 15) is 4.79 Å². The number of halogens is 2. The smallest absolute Gasteiger partial charge is 0.239 e. The first kappa shape index (κ1) is 14.2. The van der Waals surface area contributed by atoms with Gasteiger partial charge in [0.2, 0.25) is 11.2 Å². The quantitative estimate of drug-likeness (QED) is 0.639. The number of hydrogen-bond acceptors (Lipinski definition) is 4. The van der Waals surface area contributed by atoms with Gasteiger partial charge in [-0.3, -0.25) is 4.79 Å². The molecule has 1 aromatic rings. The summed E-state index contributed by atoms with van der Waals surface area (Å²) in [5.41, 5.74) is 0. The zero-order chi connectivity index (χ0) is 12.8. The molecule has 2 N–H and O–H groups in total. The maximum atomic E-state index is 11.5. The fourth-order valence-corrected chi connectivity index (χ4v) is 1.46. The lowest BCUT2D eigenvalue weighted by molar-refractivity contribution is -0.115. The van der Waals surface area contributed by atoms with Crippen molar-refractivity contribution in [2.24, 2.45) is 0 Å². The van der Waals surface area contributed by atoms with Gasteiger partial charge in [-0.1, -0.05) is 18.5 Å². The monoisotopic (exact) mass is 276 g/mol. The van der Waals surface area contributed by atoms with Crippen molar-refractivity contribution in [2.75, 3.05) is 11.9 Å². The minimum atomic E-state index is -0.198. The zero-order valence-corrected chi connectivity index (χ0v) is 11.1. The van der Waals surface area contributed by atoms with Gasteiger partial charge in [-0.05, 0) is 24.9 Å². The van der Waals surface area contributed by atoms with Crippen molar-refractivity contribution in [1.29, 1.82) is 0 Å². The highest BCUT2D eigenvalue weighted by atomic mass is 35.5. The van der Waals surface area contributed by atoms with Crippen LogP contribution in [0.4, 0.5) is 5.82 Å². The van der Waals surface area contributed by atoms with E-state index in [-0.39, 0.29) is 22.9 Å². The van der Waals surface area contributed by atoms with Crippen LogP contribution in [0.2, 0.25) is 10.4 Å². The molecule has 17 heavy (non-hydrogen) atoms. The van der Waals surface area contributed by atoms with Crippen molar-refractivity contribution in [3.05, 3.63) is 16.5 Å². The second-order valence-electron chi connectivity index (χ2n) is 3.58. The number of rotatable bonds is 5. The van der Waals surface area contributed by atoms with Crippen molar-refractivity contribution < 1.29 is 4.79 Å². The van der Waals surface area contributed by atoms with Crippen molar-refractivity contribution in [3.8, 4) is 0 Å². The lowest BCUT2D eigenvalue weighted by Crippen LogP contribution is -2.34. The van der Waals surface area contributed by atoms with Crippen LogP contribution in [-0.4, -0.2) is 28.5 Å². The van der Waals surface area contributed by atoms with Crippen LogP contribution in [0.15, 0.2) is 6.07 Å². The Hall–Kier alpha value is -0.910. The molecule has 0 saturated heterocycles. The molecule has 0 radical (unpaired) electrons. The first-order chi connectivity index (χ1) is 8.01. The molecule has 1 unspecified atom stereocenters. The van der Waals surface area contributed by atoms with E-state index < -0.39 is 0 Å². The fraction of sp³-hybridized carbons (Fsp3) is 0.500. The van der Waals surface area contributed by atoms with E-state index >= 15 is 0 Å². The maximum Gasteiger partial charge on any atom is 0.239 e. The Bertz CT molecular complexity index is 380. The summed E-state index contributed by atoms with van der Waals surface area (Å²) in [5, 5.41) is 5.83. The van der Waals surface area contributed by atoms with Gasteiger partial charge >= 0.3 is 0 Å². The molecule has 1 aromatic heterocycles. The van der Waals surface area contributed by atoms with E-state index in [1.54, 1.807) is 0 Å². The molecule has 0 saturated carbocycles. The molecule has 0 bridgehead atoms. The summed E-state index contributed by atoms with van der Waals surface area (Å²) in [5.74, 6) is 0.0992. The van der Waals surface area contributed by atoms with E-state index in [1.165, 1.54) is 6.07 Å². The third-order valence-corrected chi connectivity index (χ3v) is 2.52. The Morgan fingerprint density at radius 2 is 2.18 bits per heavy atom. The number of anilines is 1. The molecule has 1 rings (SSSR count). The Balaban J connectivity index is 2.50. The molecule has 1 atom stereocenters. The summed E-state index contributed by atoms with van der Waals surface area (Å²) in [6.45, 7) is 4.26. The third kappa shape index (κ3) is 5.30. The summed E-state index contributed by atoms with van der Waals surface area (Å²) in [7, 11) is 0. The number of aromatic nitrogens is 2. The van der Waals surface area contributed by atoms with Gasteiger partial charge in [-0.2, -0.15) is 0 Å². The average Bonchev–Trinajstić information content (AvgIpc) is 2.24. The van der Waals surface area contributed by atoms with Gasteiger partial charge in [0, 0.05) is 12.1 Å². The number of carbonyl (C=O) groups excluding carboxylic acids is 1. The van der Waals surface area contributed by atoms with Crippen molar-refractivity contribution in [3.63, 3.8) is 0 Å². The molecule has 0 fully saturated rings. The molecular formula is C10H14Cl2N4O. The topological polar surface area (TPSA) is 66.9 Å². The predicted octanol–water partition coefficient (Wildman–Crippen LogP) is 2.11. The maximum absolute atomic E-state index is 11.5. The normalized spacial score (nSPS) is 12.2. The number of nitrogens with zero attached hydrogens (tertiary/aromatic N) is 2. The summed E-state index contributed by atoms with van der Waals surface area (Å²) in [6.07, 6.45) is 0.957. The summed E-state index contributed by atoms with van der Waals surface area (Å²) in [4.78, 5) is 19.0. The van der Waals surface area contributed by atoms with E-state index in [1.807, 2.05) is 13.8 Å². The van der Waals surface area contributed by atoms with Gasteiger partial charge in [0.1, 0.15) is 11.0 Å². The van der Waals surface area contributed by atoms with Gasteiger partial charge in [-0.25, -0.2) is 9.97 Å². The number of hydrogen-bond donors (Lipinski definition) is 2. The van der Waals surface area contributed by atoms with E-state index in [0.29, 0.717) is 11.9 Å². The first-order valence-electron chi connectivity index (χ1n) is 5.24. The van der Waals surface area contributed by atoms with Gasteiger partial charge in [-0.15, -0.1) is 0 Å². The second kappa shape index (κ2) is 6.74. The van der Waals surface area contributed by atoms with E-state index in [4.69, 9.17) is 23.2 Å². The van der Waals surface area contributed by atoms with Gasteiger partial charge < -0.3 is 10.6 Å². The first-order valence-corrected chi connectivity index (χ1v) is 6.00. The number of nitrogens with one attached hydrogen (secondary N) is 2. The van der Waals surface area contributed by atoms with Crippen molar-refractivity contribution >= 4 is 34.9 Å². The Morgan fingerprint density at radius 1 is 1.47 bits per heavy atom. The van der Waals surface area contributed by atoms with Gasteiger partial charge in [0.15, 0.2) is 0 Å². The molecule has 7 heteroatoms.